The first-order valence-corrected chi connectivity index (χ1v) is 10.8. The van der Waals surface area contributed by atoms with E-state index in [4.69, 9.17) is 9.88 Å². The van der Waals surface area contributed by atoms with Crippen molar-refractivity contribution >= 4 is 38.8 Å². The van der Waals surface area contributed by atoms with E-state index in [-0.39, 0.29) is 16.6 Å². The Kier molecular flexibility index (Phi) is 6.86. The Morgan fingerprint density at radius 1 is 1.36 bits per heavy atom. The number of hydrogen-bond acceptors (Lipinski definition) is 6. The predicted octanol–water partition coefficient (Wildman–Crippen LogP) is 2.28. The van der Waals surface area contributed by atoms with Gasteiger partial charge in [0.1, 0.15) is 5.82 Å². The lowest BCUT2D eigenvalue weighted by atomic mass is 10.3. The summed E-state index contributed by atoms with van der Waals surface area (Å²) in [4.78, 5) is 16.1. The van der Waals surface area contributed by atoms with Crippen LogP contribution in [0.15, 0.2) is 23.1 Å². The summed E-state index contributed by atoms with van der Waals surface area (Å²) in [6.07, 6.45) is 2.02. The van der Waals surface area contributed by atoms with Crippen LogP contribution in [0.4, 0.5) is 0 Å². The summed E-state index contributed by atoms with van der Waals surface area (Å²) < 4.78 is 30.1. The van der Waals surface area contributed by atoms with E-state index >= 15 is 0 Å². The highest BCUT2D eigenvalue weighted by molar-refractivity contribution is 7.99. The number of benzene rings is 1. The SMILES string of the molecule is CCCCn1c(CSCC(=O)OCC)nc2cc(S(N)(=O)=O)ccc21. The highest BCUT2D eigenvalue weighted by atomic mass is 32.2. The Morgan fingerprint density at radius 2 is 2.12 bits per heavy atom. The summed E-state index contributed by atoms with van der Waals surface area (Å²) in [7, 11) is -3.76. The van der Waals surface area contributed by atoms with Gasteiger partial charge in [0.15, 0.2) is 0 Å². The summed E-state index contributed by atoms with van der Waals surface area (Å²) >= 11 is 1.43. The third-order valence-electron chi connectivity index (χ3n) is 3.62. The third kappa shape index (κ3) is 5.20. The van der Waals surface area contributed by atoms with E-state index in [1.54, 1.807) is 13.0 Å². The van der Waals surface area contributed by atoms with Crippen molar-refractivity contribution in [2.24, 2.45) is 5.14 Å². The smallest absolute Gasteiger partial charge is 0.315 e. The third-order valence-corrected chi connectivity index (χ3v) is 5.43. The molecule has 0 saturated heterocycles. The zero-order valence-electron chi connectivity index (χ0n) is 14.4. The number of ether oxygens (including phenoxy) is 1. The summed E-state index contributed by atoms with van der Waals surface area (Å²) in [5.74, 6) is 1.36. The van der Waals surface area contributed by atoms with Crippen LogP contribution in [0, 0.1) is 0 Å². The molecule has 138 valence electrons. The Hall–Kier alpha value is -1.58. The lowest BCUT2D eigenvalue weighted by Gasteiger charge is -2.08. The number of nitrogens with two attached hydrogens (primary N) is 1. The number of hydrogen-bond donors (Lipinski definition) is 1. The number of nitrogens with zero attached hydrogens (tertiary/aromatic N) is 2. The number of carbonyl (C=O) groups is 1. The normalized spacial score (nSPS) is 11.8. The minimum Gasteiger partial charge on any atom is -0.465 e. The van der Waals surface area contributed by atoms with Crippen LogP contribution in [0.25, 0.3) is 11.0 Å². The lowest BCUT2D eigenvalue weighted by molar-refractivity contribution is -0.139. The van der Waals surface area contributed by atoms with E-state index in [2.05, 4.69) is 16.5 Å². The number of thioether (sulfide) groups is 1. The summed E-state index contributed by atoms with van der Waals surface area (Å²) in [6.45, 7) is 5.03. The first kappa shape index (κ1) is 19.7. The molecule has 0 atom stereocenters. The molecule has 2 rings (SSSR count). The fourth-order valence-corrected chi connectivity index (χ4v) is 3.73. The predicted molar refractivity (Wildman–Crippen MR) is 98.8 cm³/mol. The van der Waals surface area contributed by atoms with E-state index in [0.717, 1.165) is 30.7 Å². The number of carbonyl (C=O) groups excluding carboxylic acids is 1. The molecule has 0 amide bonds. The highest BCUT2D eigenvalue weighted by Gasteiger charge is 2.15. The van der Waals surface area contributed by atoms with Crippen LogP contribution in [0.3, 0.4) is 0 Å². The van der Waals surface area contributed by atoms with E-state index in [1.165, 1.54) is 23.9 Å². The van der Waals surface area contributed by atoms with Crippen molar-refractivity contribution in [1.82, 2.24) is 9.55 Å². The number of esters is 1. The molecule has 9 heteroatoms. The molecular formula is C16H23N3O4S2. The average molecular weight is 386 g/mol. The maximum atomic E-state index is 11.5. The molecule has 0 unspecified atom stereocenters. The van der Waals surface area contributed by atoms with Gasteiger partial charge in [-0.05, 0) is 31.5 Å². The van der Waals surface area contributed by atoms with Gasteiger partial charge in [0.2, 0.25) is 10.0 Å². The van der Waals surface area contributed by atoms with Crippen molar-refractivity contribution in [1.29, 1.82) is 0 Å². The largest absolute Gasteiger partial charge is 0.465 e. The van der Waals surface area contributed by atoms with Gasteiger partial charge in [0.25, 0.3) is 0 Å². The second-order valence-electron chi connectivity index (χ2n) is 5.53. The van der Waals surface area contributed by atoms with Gasteiger partial charge in [0, 0.05) is 6.54 Å². The Labute approximate surface area is 152 Å². The van der Waals surface area contributed by atoms with Crippen molar-refractivity contribution < 1.29 is 17.9 Å². The van der Waals surface area contributed by atoms with Gasteiger partial charge < -0.3 is 9.30 Å². The Morgan fingerprint density at radius 3 is 2.76 bits per heavy atom. The molecule has 25 heavy (non-hydrogen) atoms. The Bertz CT molecular complexity index is 846. The number of unbranched alkanes of at least 4 members (excludes halogenated alkanes) is 1. The van der Waals surface area contributed by atoms with Crippen LogP contribution < -0.4 is 5.14 Å². The molecule has 0 aliphatic carbocycles. The van der Waals surface area contributed by atoms with Crippen LogP contribution in [-0.2, 0) is 31.9 Å². The van der Waals surface area contributed by atoms with Crippen molar-refractivity contribution in [2.75, 3.05) is 12.4 Å². The number of aromatic nitrogens is 2. The number of rotatable bonds is 9. The van der Waals surface area contributed by atoms with Gasteiger partial charge in [0.05, 0.1) is 34.0 Å². The van der Waals surface area contributed by atoms with Gasteiger partial charge in [-0.25, -0.2) is 18.5 Å². The molecule has 7 nitrogen and oxygen atoms in total. The summed E-state index contributed by atoms with van der Waals surface area (Å²) in [5.41, 5.74) is 1.46. The van der Waals surface area contributed by atoms with Gasteiger partial charge in [-0.2, -0.15) is 0 Å². The number of imidazole rings is 1. The fourth-order valence-electron chi connectivity index (χ4n) is 2.44. The second kappa shape index (κ2) is 8.68. The number of primary sulfonamides is 1. The van der Waals surface area contributed by atoms with E-state index in [1.807, 2.05) is 0 Å². The highest BCUT2D eigenvalue weighted by Crippen LogP contribution is 2.23. The molecular weight excluding hydrogens is 362 g/mol. The summed E-state index contributed by atoms with van der Waals surface area (Å²) in [5, 5.41) is 5.20. The van der Waals surface area contributed by atoms with E-state index in [9.17, 15) is 13.2 Å². The molecule has 2 aromatic rings. The van der Waals surface area contributed by atoms with Crippen molar-refractivity contribution in [3.05, 3.63) is 24.0 Å². The number of fused-ring (bicyclic) bond motifs is 1. The maximum absolute atomic E-state index is 11.5. The van der Waals surface area contributed by atoms with Crippen molar-refractivity contribution in [2.45, 2.75) is 43.9 Å². The van der Waals surface area contributed by atoms with Crippen molar-refractivity contribution in [3.8, 4) is 0 Å². The first-order chi connectivity index (χ1) is 11.9. The first-order valence-electron chi connectivity index (χ1n) is 8.12. The van der Waals surface area contributed by atoms with Crippen LogP contribution >= 0.6 is 11.8 Å². The molecule has 0 bridgehead atoms. The zero-order chi connectivity index (χ0) is 18.4. The molecule has 1 aromatic heterocycles. The second-order valence-corrected chi connectivity index (χ2v) is 8.07. The molecule has 0 aliphatic rings. The van der Waals surface area contributed by atoms with Gasteiger partial charge in [-0.15, -0.1) is 11.8 Å². The topological polar surface area (TPSA) is 104 Å². The van der Waals surface area contributed by atoms with Crippen LogP contribution in [0.2, 0.25) is 0 Å². The molecule has 0 saturated carbocycles. The molecule has 0 fully saturated rings. The Balaban J connectivity index is 2.28. The zero-order valence-corrected chi connectivity index (χ0v) is 16.0. The van der Waals surface area contributed by atoms with Gasteiger partial charge >= 0.3 is 5.97 Å². The lowest BCUT2D eigenvalue weighted by Crippen LogP contribution is -2.11. The average Bonchev–Trinajstić information content (AvgIpc) is 2.89. The van der Waals surface area contributed by atoms with E-state index < -0.39 is 10.0 Å². The number of sulfonamides is 1. The number of aryl methyl sites for hydroxylation is 1. The van der Waals surface area contributed by atoms with Crippen molar-refractivity contribution in [3.63, 3.8) is 0 Å². The fraction of sp³-hybridized carbons (Fsp3) is 0.500. The molecule has 0 radical (unpaired) electrons. The maximum Gasteiger partial charge on any atom is 0.315 e. The molecule has 0 aliphatic heterocycles. The van der Waals surface area contributed by atoms with E-state index in [0.29, 0.717) is 17.9 Å². The monoisotopic (exact) mass is 385 g/mol. The minimum atomic E-state index is -3.76. The summed E-state index contributed by atoms with van der Waals surface area (Å²) in [6, 6.07) is 4.72. The van der Waals surface area contributed by atoms with Crippen LogP contribution in [0.5, 0.6) is 0 Å². The standard InChI is InChI=1S/C16H23N3O4S2/c1-3-5-8-19-14-7-6-12(25(17,21)22)9-13(14)18-15(19)10-24-11-16(20)23-4-2/h6-7,9H,3-5,8,10-11H2,1-2H3,(H2,17,21,22). The molecule has 1 heterocycles. The van der Waals surface area contributed by atoms with Crippen LogP contribution in [-0.4, -0.2) is 36.3 Å². The molecule has 1 aromatic carbocycles. The van der Waals surface area contributed by atoms with Gasteiger partial charge in [-0.1, -0.05) is 13.3 Å². The van der Waals surface area contributed by atoms with Crippen LogP contribution in [0.1, 0.15) is 32.5 Å². The molecule has 0 spiro atoms. The molecule has 2 N–H and O–H groups in total. The minimum absolute atomic E-state index is 0.0471. The quantitative estimate of drug-likeness (QED) is 0.664. The van der Waals surface area contributed by atoms with Gasteiger partial charge in [-0.3, -0.25) is 4.79 Å².